The quantitative estimate of drug-likeness (QED) is 0.861. The molecule has 1 aromatic rings. The standard InChI is InChI=1S/C17H19N5O/c1-11-8-19-13(9-18-11)10-20-17(23)15-14-4-2-3-7-22(14)16(21-15)12-5-6-12/h2-4,7-9,12,16,21H,5-6,10H2,1H3,(H,20,23)/p+1. The van der Waals surface area contributed by atoms with Crippen molar-refractivity contribution in [2.24, 2.45) is 5.92 Å². The second-order valence-corrected chi connectivity index (χ2v) is 6.19. The number of aromatic amines is 1. The first-order chi connectivity index (χ1) is 11.2. The molecule has 0 aromatic carbocycles. The predicted molar refractivity (Wildman–Crippen MR) is 84.2 cm³/mol. The second kappa shape index (κ2) is 5.53. The van der Waals surface area contributed by atoms with E-state index in [1.54, 1.807) is 6.20 Å². The molecule has 2 aliphatic heterocycles. The highest BCUT2D eigenvalue weighted by Gasteiger charge is 2.42. The van der Waals surface area contributed by atoms with Gasteiger partial charge in [-0.05, 0) is 37.8 Å². The van der Waals surface area contributed by atoms with Crippen molar-refractivity contribution in [3.8, 4) is 0 Å². The van der Waals surface area contributed by atoms with E-state index in [1.165, 1.54) is 12.8 Å². The van der Waals surface area contributed by atoms with Crippen molar-refractivity contribution in [2.75, 3.05) is 0 Å². The van der Waals surface area contributed by atoms with Gasteiger partial charge in [-0.2, -0.15) is 0 Å². The Balaban J connectivity index is 1.47. The Kier molecular flexibility index (Phi) is 3.37. The molecule has 0 radical (unpaired) electrons. The zero-order valence-electron chi connectivity index (χ0n) is 13.0. The predicted octanol–water partition coefficient (Wildman–Crippen LogP) is 0.757. The zero-order chi connectivity index (χ0) is 15.8. The van der Waals surface area contributed by atoms with Gasteiger partial charge in [0.25, 0.3) is 5.91 Å². The van der Waals surface area contributed by atoms with E-state index in [-0.39, 0.29) is 12.1 Å². The lowest BCUT2D eigenvalue weighted by Crippen LogP contribution is -2.38. The number of nitrogens with zero attached hydrogens (tertiary/aromatic N) is 2. The molecular weight excluding hydrogens is 290 g/mol. The smallest absolute Gasteiger partial charge is 0.270 e. The SMILES string of the molecule is Cc1c[nH+]c(CNC(=O)C2=C3C=CC=CN3C(C3CC3)N2)cn1. The first kappa shape index (κ1) is 14.0. The molecule has 0 saturated heterocycles. The fourth-order valence-electron chi connectivity index (χ4n) is 2.95. The Morgan fingerprint density at radius 1 is 1.48 bits per heavy atom. The molecule has 4 rings (SSSR count). The van der Waals surface area contributed by atoms with Gasteiger partial charge in [0.05, 0.1) is 11.9 Å². The Bertz CT molecular complexity index is 715. The van der Waals surface area contributed by atoms with Gasteiger partial charge in [0.15, 0.2) is 6.20 Å². The highest BCUT2D eigenvalue weighted by Crippen LogP contribution is 2.39. The van der Waals surface area contributed by atoms with E-state index < -0.39 is 0 Å². The minimum absolute atomic E-state index is 0.0814. The van der Waals surface area contributed by atoms with Crippen molar-refractivity contribution in [2.45, 2.75) is 32.5 Å². The molecule has 1 atom stereocenters. The lowest BCUT2D eigenvalue weighted by atomic mass is 10.2. The molecule has 3 aliphatic rings. The molecule has 0 bridgehead atoms. The summed E-state index contributed by atoms with van der Waals surface area (Å²) in [4.78, 5) is 22.1. The van der Waals surface area contributed by atoms with E-state index >= 15 is 0 Å². The van der Waals surface area contributed by atoms with Gasteiger partial charge in [0.2, 0.25) is 5.69 Å². The van der Waals surface area contributed by atoms with Gasteiger partial charge >= 0.3 is 0 Å². The van der Waals surface area contributed by atoms with Crippen LogP contribution in [-0.4, -0.2) is 22.0 Å². The van der Waals surface area contributed by atoms with Gasteiger partial charge in [-0.1, -0.05) is 6.08 Å². The van der Waals surface area contributed by atoms with Gasteiger partial charge < -0.3 is 15.5 Å². The average Bonchev–Trinajstić information content (AvgIpc) is 3.34. The van der Waals surface area contributed by atoms with Gasteiger partial charge in [0.1, 0.15) is 24.1 Å². The van der Waals surface area contributed by atoms with Crippen LogP contribution in [0.2, 0.25) is 0 Å². The topological polar surface area (TPSA) is 71.4 Å². The summed E-state index contributed by atoms with van der Waals surface area (Å²) in [6, 6.07) is 0. The molecule has 23 heavy (non-hydrogen) atoms. The van der Waals surface area contributed by atoms with E-state index in [4.69, 9.17) is 0 Å². The lowest BCUT2D eigenvalue weighted by Gasteiger charge is -2.25. The fraction of sp³-hybridized carbons (Fsp3) is 0.353. The molecule has 1 amide bonds. The third-order valence-corrected chi connectivity index (χ3v) is 4.36. The monoisotopic (exact) mass is 310 g/mol. The van der Waals surface area contributed by atoms with Crippen molar-refractivity contribution in [1.29, 1.82) is 0 Å². The van der Waals surface area contributed by atoms with Crippen LogP contribution in [-0.2, 0) is 11.3 Å². The zero-order valence-corrected chi connectivity index (χ0v) is 13.0. The summed E-state index contributed by atoms with van der Waals surface area (Å²) in [5, 5.41) is 6.36. The number of aromatic nitrogens is 2. The van der Waals surface area contributed by atoms with E-state index in [0.29, 0.717) is 18.2 Å². The van der Waals surface area contributed by atoms with Crippen LogP contribution in [0.25, 0.3) is 0 Å². The summed E-state index contributed by atoms with van der Waals surface area (Å²) in [7, 11) is 0. The molecule has 3 heterocycles. The number of aryl methyl sites for hydroxylation is 1. The van der Waals surface area contributed by atoms with Crippen LogP contribution in [0.5, 0.6) is 0 Å². The number of carbonyl (C=O) groups is 1. The van der Waals surface area contributed by atoms with Crippen molar-refractivity contribution < 1.29 is 9.78 Å². The van der Waals surface area contributed by atoms with Gasteiger partial charge in [-0.15, -0.1) is 0 Å². The van der Waals surface area contributed by atoms with Crippen LogP contribution in [0, 0.1) is 12.8 Å². The molecule has 1 fully saturated rings. The second-order valence-electron chi connectivity index (χ2n) is 6.19. The Morgan fingerprint density at radius 3 is 3.09 bits per heavy atom. The van der Waals surface area contributed by atoms with Gasteiger partial charge in [-0.25, -0.2) is 9.97 Å². The van der Waals surface area contributed by atoms with Crippen molar-refractivity contribution in [3.63, 3.8) is 0 Å². The number of carbonyl (C=O) groups excluding carboxylic acids is 1. The maximum absolute atomic E-state index is 12.6. The number of hydrogen-bond donors (Lipinski definition) is 2. The minimum Gasteiger partial charge on any atom is -0.358 e. The number of hydrogen-bond acceptors (Lipinski definition) is 4. The summed E-state index contributed by atoms with van der Waals surface area (Å²) < 4.78 is 0. The van der Waals surface area contributed by atoms with Crippen LogP contribution in [0.15, 0.2) is 48.2 Å². The number of fused-ring (bicyclic) bond motifs is 1. The third kappa shape index (κ3) is 2.72. The van der Waals surface area contributed by atoms with Crippen LogP contribution < -0.4 is 15.6 Å². The molecule has 3 N–H and O–H groups in total. The Labute approximate surface area is 135 Å². The fourth-order valence-corrected chi connectivity index (χ4v) is 2.95. The van der Waals surface area contributed by atoms with Crippen molar-refractivity contribution in [1.82, 2.24) is 20.5 Å². The van der Waals surface area contributed by atoms with Crippen molar-refractivity contribution >= 4 is 5.91 Å². The van der Waals surface area contributed by atoms with Gasteiger partial charge in [-0.3, -0.25) is 4.79 Å². The van der Waals surface area contributed by atoms with Crippen LogP contribution >= 0.6 is 0 Å². The molecule has 6 heteroatoms. The molecular formula is C17H20N5O+. The molecule has 1 aliphatic carbocycles. The highest BCUT2D eigenvalue weighted by atomic mass is 16.2. The molecule has 6 nitrogen and oxygen atoms in total. The van der Waals surface area contributed by atoms with E-state index in [1.807, 2.05) is 37.5 Å². The summed E-state index contributed by atoms with van der Waals surface area (Å²) in [6.07, 6.45) is 14.2. The Hall–Kier alpha value is -2.63. The molecule has 118 valence electrons. The van der Waals surface area contributed by atoms with Crippen LogP contribution in [0.3, 0.4) is 0 Å². The van der Waals surface area contributed by atoms with Crippen molar-refractivity contribution in [3.05, 3.63) is 59.6 Å². The van der Waals surface area contributed by atoms with Crippen LogP contribution in [0.4, 0.5) is 0 Å². The van der Waals surface area contributed by atoms with Crippen LogP contribution in [0.1, 0.15) is 24.2 Å². The summed E-state index contributed by atoms with van der Waals surface area (Å²) in [5.74, 6) is 0.545. The first-order valence-corrected chi connectivity index (χ1v) is 7.98. The molecule has 1 saturated carbocycles. The van der Waals surface area contributed by atoms with E-state index in [0.717, 1.165) is 17.1 Å². The number of allylic oxidation sites excluding steroid dienone is 3. The maximum atomic E-state index is 12.6. The minimum atomic E-state index is -0.0814. The summed E-state index contributed by atoms with van der Waals surface area (Å²) >= 11 is 0. The third-order valence-electron chi connectivity index (χ3n) is 4.36. The van der Waals surface area contributed by atoms with Gasteiger partial charge in [0, 0.05) is 6.20 Å². The summed E-state index contributed by atoms with van der Waals surface area (Å²) in [5.41, 5.74) is 3.40. The number of H-pyrrole nitrogens is 1. The summed E-state index contributed by atoms with van der Waals surface area (Å²) in [6.45, 7) is 2.35. The van der Waals surface area contributed by atoms with E-state index in [9.17, 15) is 4.79 Å². The number of nitrogens with one attached hydrogen (secondary N) is 3. The molecule has 0 spiro atoms. The lowest BCUT2D eigenvalue weighted by molar-refractivity contribution is -0.392. The molecule has 1 unspecified atom stereocenters. The maximum Gasteiger partial charge on any atom is 0.270 e. The average molecular weight is 310 g/mol. The first-order valence-electron chi connectivity index (χ1n) is 7.98. The van der Waals surface area contributed by atoms with E-state index in [2.05, 4.69) is 25.5 Å². The number of rotatable bonds is 4. The Morgan fingerprint density at radius 2 is 2.35 bits per heavy atom. The molecule has 1 aromatic heterocycles. The largest absolute Gasteiger partial charge is 0.358 e. The number of amides is 1. The highest BCUT2D eigenvalue weighted by molar-refractivity contribution is 5.94. The normalized spacial score (nSPS) is 22.1.